The number of amidine groups is 1. The third-order valence-corrected chi connectivity index (χ3v) is 6.34. The van der Waals surface area contributed by atoms with Gasteiger partial charge < -0.3 is 30.2 Å². The van der Waals surface area contributed by atoms with E-state index in [1.54, 1.807) is 6.08 Å². The molecule has 4 N–H and O–H groups in total. The number of hydrazone groups is 1. The lowest BCUT2D eigenvalue weighted by atomic mass is 9.71. The van der Waals surface area contributed by atoms with Crippen LogP contribution in [0.15, 0.2) is 21.9 Å². The lowest BCUT2D eigenvalue weighted by Gasteiger charge is -2.37. The van der Waals surface area contributed by atoms with Gasteiger partial charge in [0, 0.05) is 5.41 Å². The van der Waals surface area contributed by atoms with Crippen molar-refractivity contribution in [1.82, 2.24) is 5.01 Å². The molecule has 1 saturated heterocycles. The highest BCUT2D eigenvalue weighted by molar-refractivity contribution is 6.02. The molecule has 30 heavy (non-hydrogen) atoms. The van der Waals surface area contributed by atoms with Crippen LogP contribution in [0, 0.1) is 16.7 Å². The van der Waals surface area contributed by atoms with Gasteiger partial charge in [-0.3, -0.25) is 5.01 Å². The zero-order chi connectivity index (χ0) is 21.5. The maximum Gasteiger partial charge on any atom is 0.508 e. The highest BCUT2D eigenvalue weighted by Gasteiger charge is 2.62. The van der Waals surface area contributed by atoms with Crippen LogP contribution in [-0.2, 0) is 14.2 Å². The smallest absolute Gasteiger partial charge is 0.434 e. The Kier molecular flexibility index (Phi) is 5.17. The van der Waals surface area contributed by atoms with Crippen LogP contribution in [0.1, 0.15) is 32.6 Å². The fraction of sp³-hybridized carbons (Fsp3) is 0.684. The minimum absolute atomic E-state index is 0.0121. The Morgan fingerprint density at radius 1 is 1.47 bits per heavy atom. The van der Waals surface area contributed by atoms with E-state index >= 15 is 0 Å². The van der Waals surface area contributed by atoms with Crippen molar-refractivity contribution >= 4 is 18.3 Å². The van der Waals surface area contributed by atoms with Gasteiger partial charge >= 0.3 is 6.16 Å². The van der Waals surface area contributed by atoms with Crippen LogP contribution in [0.4, 0.5) is 4.79 Å². The summed E-state index contributed by atoms with van der Waals surface area (Å²) in [6.45, 7) is 1.93. The fourth-order valence-corrected chi connectivity index (χ4v) is 4.29. The van der Waals surface area contributed by atoms with E-state index in [4.69, 9.17) is 19.9 Å². The molecule has 5 atom stereocenters. The van der Waals surface area contributed by atoms with Crippen LogP contribution in [0.5, 0.6) is 0 Å². The molecule has 162 valence electrons. The standard InChI is InChI=1S/C19H25N5O6/c1-18(5-2-6-18)9-29-17(27)28-7-12-14(25)15(26)19(8-20,30-12)13-4-3-11-16(21)22-10-23-24(11)13/h3,10,12-15,25-26H,2,4-7,9H2,1H3,(H2,21,22,23)/t12-,13?,14-,15-,19+/m1/s1. The predicted molar refractivity (Wildman–Crippen MR) is 103 cm³/mol. The average molecular weight is 419 g/mol. The van der Waals surface area contributed by atoms with Crippen molar-refractivity contribution in [3.63, 3.8) is 0 Å². The summed E-state index contributed by atoms with van der Waals surface area (Å²) in [7, 11) is 0. The molecular formula is C19H25N5O6. The highest BCUT2D eigenvalue weighted by atomic mass is 16.7. The Balaban J connectivity index is 1.39. The first kappa shape index (κ1) is 20.6. The van der Waals surface area contributed by atoms with E-state index in [1.807, 2.05) is 13.0 Å². The zero-order valence-corrected chi connectivity index (χ0v) is 16.6. The van der Waals surface area contributed by atoms with Crippen molar-refractivity contribution in [2.24, 2.45) is 21.2 Å². The van der Waals surface area contributed by atoms with E-state index in [1.165, 1.54) is 11.3 Å². The maximum absolute atomic E-state index is 11.9. The van der Waals surface area contributed by atoms with Gasteiger partial charge in [0.25, 0.3) is 0 Å². The van der Waals surface area contributed by atoms with Crippen LogP contribution in [0.25, 0.3) is 0 Å². The molecule has 0 bridgehead atoms. The molecule has 1 aliphatic carbocycles. The summed E-state index contributed by atoms with van der Waals surface area (Å²) in [5, 5.41) is 36.6. The zero-order valence-electron chi connectivity index (χ0n) is 16.6. The third-order valence-electron chi connectivity index (χ3n) is 6.34. The number of aliphatic imine (C=N–C) groups is 1. The Labute approximate surface area is 173 Å². The van der Waals surface area contributed by atoms with E-state index in [0.29, 0.717) is 12.1 Å². The first-order valence-corrected chi connectivity index (χ1v) is 9.90. The average Bonchev–Trinajstić information content (AvgIpc) is 3.25. The molecule has 0 aromatic heterocycles. The van der Waals surface area contributed by atoms with Gasteiger partial charge in [0.15, 0.2) is 5.84 Å². The topological polar surface area (TPSA) is 163 Å². The number of hydrogen-bond acceptors (Lipinski definition) is 11. The number of fused-ring (bicyclic) bond motifs is 1. The molecule has 3 heterocycles. The number of aliphatic hydroxyl groups is 2. The van der Waals surface area contributed by atoms with E-state index in [0.717, 1.165) is 19.3 Å². The first-order valence-electron chi connectivity index (χ1n) is 9.90. The van der Waals surface area contributed by atoms with Crippen molar-refractivity contribution in [1.29, 1.82) is 5.26 Å². The highest BCUT2D eigenvalue weighted by Crippen LogP contribution is 2.42. The lowest BCUT2D eigenvalue weighted by molar-refractivity contribution is -0.0980. The maximum atomic E-state index is 11.9. The number of carbonyl (C=O) groups is 1. The van der Waals surface area contributed by atoms with E-state index < -0.39 is 36.1 Å². The Morgan fingerprint density at radius 2 is 2.23 bits per heavy atom. The Morgan fingerprint density at radius 3 is 2.90 bits per heavy atom. The number of nitriles is 1. The quantitative estimate of drug-likeness (QED) is 0.520. The normalized spacial score (nSPS) is 36.3. The van der Waals surface area contributed by atoms with Gasteiger partial charge in [0.05, 0.1) is 5.70 Å². The second-order valence-corrected chi connectivity index (χ2v) is 8.44. The van der Waals surface area contributed by atoms with Gasteiger partial charge in [-0.25, -0.2) is 9.79 Å². The Bertz CT molecular complexity index is 847. The summed E-state index contributed by atoms with van der Waals surface area (Å²) in [5.41, 5.74) is 4.55. The van der Waals surface area contributed by atoms with Gasteiger partial charge in [0.1, 0.15) is 50.0 Å². The van der Waals surface area contributed by atoms with Gasteiger partial charge in [0.2, 0.25) is 5.60 Å². The van der Waals surface area contributed by atoms with Crippen LogP contribution in [0.3, 0.4) is 0 Å². The second-order valence-electron chi connectivity index (χ2n) is 8.44. The summed E-state index contributed by atoms with van der Waals surface area (Å²) < 4.78 is 16.0. The van der Waals surface area contributed by atoms with Gasteiger partial charge in [-0.2, -0.15) is 10.4 Å². The molecule has 11 nitrogen and oxygen atoms in total. The van der Waals surface area contributed by atoms with Crippen molar-refractivity contribution in [3.05, 3.63) is 11.8 Å². The van der Waals surface area contributed by atoms with Crippen LogP contribution < -0.4 is 5.73 Å². The van der Waals surface area contributed by atoms with Crippen molar-refractivity contribution in [2.75, 3.05) is 13.2 Å². The van der Waals surface area contributed by atoms with E-state index in [2.05, 4.69) is 10.1 Å². The molecule has 0 aromatic rings. The Hall–Kier alpha value is -2.68. The summed E-state index contributed by atoms with van der Waals surface area (Å²) in [5.74, 6) is 0.233. The van der Waals surface area contributed by atoms with Crippen molar-refractivity contribution < 1.29 is 29.2 Å². The fourth-order valence-electron chi connectivity index (χ4n) is 4.29. The molecule has 0 spiro atoms. The van der Waals surface area contributed by atoms with Gasteiger partial charge in [-0.1, -0.05) is 19.4 Å². The minimum Gasteiger partial charge on any atom is -0.434 e. The second kappa shape index (κ2) is 7.54. The van der Waals surface area contributed by atoms with E-state index in [-0.39, 0.29) is 24.5 Å². The minimum atomic E-state index is -1.80. The molecule has 3 aliphatic heterocycles. The molecule has 11 heteroatoms. The van der Waals surface area contributed by atoms with Gasteiger partial charge in [-0.15, -0.1) is 0 Å². The van der Waals surface area contributed by atoms with Crippen LogP contribution in [0.2, 0.25) is 0 Å². The largest absolute Gasteiger partial charge is 0.508 e. The summed E-state index contributed by atoms with van der Waals surface area (Å²) in [4.78, 5) is 15.8. The van der Waals surface area contributed by atoms with E-state index in [9.17, 15) is 20.3 Å². The molecular weight excluding hydrogens is 394 g/mol. The van der Waals surface area contributed by atoms with Crippen molar-refractivity contribution in [2.45, 2.75) is 62.6 Å². The van der Waals surface area contributed by atoms with Crippen molar-refractivity contribution in [3.8, 4) is 6.07 Å². The molecule has 2 fully saturated rings. The SMILES string of the molecule is CC1(COC(=O)OC[C@H]2O[C@@](C#N)(C3CC=C4C(N)=NC=NN43)[C@H](O)[C@@H]2O)CCC1. The van der Waals surface area contributed by atoms with Gasteiger partial charge in [-0.05, 0) is 19.3 Å². The number of rotatable bonds is 5. The lowest BCUT2D eigenvalue weighted by Crippen LogP contribution is -2.56. The molecule has 0 radical (unpaired) electrons. The summed E-state index contributed by atoms with van der Waals surface area (Å²) >= 11 is 0. The monoisotopic (exact) mass is 419 g/mol. The predicted octanol–water partition coefficient (Wildman–Crippen LogP) is -0.0149. The molecule has 1 unspecified atom stereocenters. The number of hydrogen-bond donors (Lipinski definition) is 3. The van der Waals surface area contributed by atoms with Crippen LogP contribution in [-0.4, -0.2) is 76.7 Å². The van der Waals surface area contributed by atoms with Crippen LogP contribution >= 0.6 is 0 Å². The summed E-state index contributed by atoms with van der Waals surface area (Å²) in [6.07, 6.45) is 1.42. The molecule has 4 rings (SSSR count). The number of carbonyl (C=O) groups excluding carboxylic acids is 1. The number of aliphatic hydroxyl groups excluding tert-OH is 2. The first-order chi connectivity index (χ1) is 14.3. The molecule has 0 aromatic carbocycles. The molecule has 1 saturated carbocycles. The number of ether oxygens (including phenoxy) is 3. The third kappa shape index (κ3) is 3.30. The number of nitrogens with zero attached hydrogens (tertiary/aromatic N) is 4. The summed E-state index contributed by atoms with van der Waals surface area (Å²) in [6, 6.07) is 1.26. The number of nitrogens with two attached hydrogens (primary N) is 1. The molecule has 4 aliphatic rings. The molecule has 0 amide bonds.